The molecule has 20 heavy (non-hydrogen) atoms. The Hall–Kier alpha value is -1.56. The van der Waals surface area contributed by atoms with Crippen molar-refractivity contribution in [2.24, 2.45) is 0 Å². The van der Waals surface area contributed by atoms with E-state index in [-0.39, 0.29) is 12.6 Å². The monoisotopic (exact) mass is 280 g/mol. The van der Waals surface area contributed by atoms with Crippen LogP contribution < -0.4 is 15.0 Å². The lowest BCUT2D eigenvalue weighted by Crippen LogP contribution is -2.38. The standard InChI is InChI=1S/C14H24N4O2/c1-3-15-13-12(20-2)14(17-10-16-13)18-8-6-4-5-7-11(18)9-19/h10-11,19H,3-9H2,1-2H3,(H,15,16,17). The van der Waals surface area contributed by atoms with Crippen molar-refractivity contribution in [2.45, 2.75) is 38.6 Å². The van der Waals surface area contributed by atoms with Gasteiger partial charge in [-0.1, -0.05) is 12.8 Å². The summed E-state index contributed by atoms with van der Waals surface area (Å²) < 4.78 is 5.51. The van der Waals surface area contributed by atoms with Gasteiger partial charge in [0, 0.05) is 13.1 Å². The minimum absolute atomic E-state index is 0.107. The summed E-state index contributed by atoms with van der Waals surface area (Å²) in [5.41, 5.74) is 0. The van der Waals surface area contributed by atoms with Crippen molar-refractivity contribution in [3.63, 3.8) is 0 Å². The van der Waals surface area contributed by atoms with Gasteiger partial charge in [-0.25, -0.2) is 9.97 Å². The molecule has 0 amide bonds. The Labute approximate surface area is 120 Å². The number of hydrogen-bond acceptors (Lipinski definition) is 6. The van der Waals surface area contributed by atoms with Crippen molar-refractivity contribution in [2.75, 3.05) is 37.0 Å². The molecule has 2 N–H and O–H groups in total. The highest BCUT2D eigenvalue weighted by atomic mass is 16.5. The minimum atomic E-state index is 0.107. The molecule has 1 atom stereocenters. The summed E-state index contributed by atoms with van der Waals surface area (Å²) in [5.74, 6) is 2.15. The first-order chi connectivity index (χ1) is 9.81. The first-order valence-corrected chi connectivity index (χ1v) is 7.32. The maximum Gasteiger partial charge on any atom is 0.204 e. The highest BCUT2D eigenvalue weighted by molar-refractivity contribution is 5.65. The number of aliphatic hydroxyl groups excluding tert-OH is 1. The van der Waals surface area contributed by atoms with Crippen LogP contribution in [0.25, 0.3) is 0 Å². The SMILES string of the molecule is CCNc1ncnc(N2CCCCCC2CO)c1OC. The number of aromatic nitrogens is 2. The largest absolute Gasteiger partial charge is 0.490 e. The molecule has 6 nitrogen and oxygen atoms in total. The maximum absolute atomic E-state index is 9.64. The Balaban J connectivity index is 2.35. The Kier molecular flexibility index (Phi) is 5.40. The van der Waals surface area contributed by atoms with Crippen LogP contribution in [0.15, 0.2) is 6.33 Å². The van der Waals surface area contributed by atoms with Crippen LogP contribution in [0.2, 0.25) is 0 Å². The lowest BCUT2D eigenvalue weighted by molar-refractivity contribution is 0.254. The van der Waals surface area contributed by atoms with E-state index < -0.39 is 0 Å². The summed E-state index contributed by atoms with van der Waals surface area (Å²) in [6, 6.07) is 0.107. The molecule has 0 radical (unpaired) electrons. The second-order valence-electron chi connectivity index (χ2n) is 4.99. The van der Waals surface area contributed by atoms with Crippen LogP contribution >= 0.6 is 0 Å². The summed E-state index contributed by atoms with van der Waals surface area (Å²) in [7, 11) is 1.63. The molecule has 2 rings (SSSR count). The normalized spacial score (nSPS) is 19.6. The van der Waals surface area contributed by atoms with Gasteiger partial charge in [-0.15, -0.1) is 0 Å². The molecule has 1 aromatic heterocycles. The number of methoxy groups -OCH3 is 1. The van der Waals surface area contributed by atoms with Gasteiger partial charge >= 0.3 is 0 Å². The van der Waals surface area contributed by atoms with E-state index in [1.165, 1.54) is 6.42 Å². The second-order valence-corrected chi connectivity index (χ2v) is 4.99. The Morgan fingerprint density at radius 3 is 2.95 bits per heavy atom. The van der Waals surface area contributed by atoms with Crippen molar-refractivity contribution in [1.82, 2.24) is 9.97 Å². The molecule has 0 aliphatic carbocycles. The van der Waals surface area contributed by atoms with Crippen LogP contribution in [0, 0.1) is 0 Å². The van der Waals surface area contributed by atoms with E-state index in [0.717, 1.165) is 38.2 Å². The summed E-state index contributed by atoms with van der Waals surface area (Å²) >= 11 is 0. The average Bonchev–Trinajstić information content (AvgIpc) is 2.72. The molecular weight excluding hydrogens is 256 g/mol. The Morgan fingerprint density at radius 2 is 2.25 bits per heavy atom. The summed E-state index contributed by atoms with van der Waals surface area (Å²) in [6.45, 7) is 3.83. The van der Waals surface area contributed by atoms with Crippen LogP contribution in [0.1, 0.15) is 32.6 Å². The zero-order valence-corrected chi connectivity index (χ0v) is 12.3. The van der Waals surface area contributed by atoms with Crippen molar-refractivity contribution in [3.05, 3.63) is 6.33 Å². The fraction of sp³-hybridized carbons (Fsp3) is 0.714. The Morgan fingerprint density at radius 1 is 1.40 bits per heavy atom. The predicted molar refractivity (Wildman–Crippen MR) is 79.4 cm³/mol. The summed E-state index contributed by atoms with van der Waals surface area (Å²) in [5, 5.41) is 12.8. The van der Waals surface area contributed by atoms with Gasteiger partial charge in [0.25, 0.3) is 0 Å². The molecule has 112 valence electrons. The number of hydrogen-bond donors (Lipinski definition) is 2. The molecule has 0 spiro atoms. The van der Waals surface area contributed by atoms with E-state index in [1.807, 2.05) is 6.92 Å². The van der Waals surface area contributed by atoms with E-state index in [9.17, 15) is 5.11 Å². The van der Waals surface area contributed by atoms with Crippen LogP contribution in [0.5, 0.6) is 5.75 Å². The van der Waals surface area contributed by atoms with E-state index >= 15 is 0 Å². The predicted octanol–water partition coefficient (Wildman–Crippen LogP) is 1.66. The fourth-order valence-corrected chi connectivity index (χ4v) is 2.70. The molecule has 1 saturated heterocycles. The molecule has 6 heteroatoms. The van der Waals surface area contributed by atoms with Crippen LogP contribution in [-0.2, 0) is 0 Å². The molecule has 1 aliphatic heterocycles. The molecule has 1 aliphatic rings. The maximum atomic E-state index is 9.64. The highest BCUT2D eigenvalue weighted by Gasteiger charge is 2.25. The molecule has 0 aromatic carbocycles. The number of ether oxygens (including phenoxy) is 1. The number of aliphatic hydroxyl groups is 1. The third-order valence-corrected chi connectivity index (χ3v) is 3.69. The average molecular weight is 280 g/mol. The van der Waals surface area contributed by atoms with E-state index in [0.29, 0.717) is 11.6 Å². The molecule has 0 bridgehead atoms. The van der Waals surface area contributed by atoms with Crippen molar-refractivity contribution >= 4 is 11.6 Å². The van der Waals surface area contributed by atoms with Crippen LogP contribution in [-0.4, -0.2) is 47.9 Å². The Bertz CT molecular complexity index is 428. The smallest absolute Gasteiger partial charge is 0.204 e. The summed E-state index contributed by atoms with van der Waals surface area (Å²) in [4.78, 5) is 10.8. The lowest BCUT2D eigenvalue weighted by Gasteiger charge is -2.31. The first kappa shape index (κ1) is 14.8. The topological polar surface area (TPSA) is 70.5 Å². The lowest BCUT2D eigenvalue weighted by atomic mass is 10.1. The number of nitrogens with zero attached hydrogens (tertiary/aromatic N) is 3. The van der Waals surface area contributed by atoms with Crippen molar-refractivity contribution in [3.8, 4) is 5.75 Å². The van der Waals surface area contributed by atoms with Gasteiger partial charge in [0.15, 0.2) is 11.6 Å². The van der Waals surface area contributed by atoms with Gasteiger partial charge in [0.1, 0.15) is 6.33 Å². The zero-order chi connectivity index (χ0) is 14.4. The zero-order valence-electron chi connectivity index (χ0n) is 12.3. The minimum Gasteiger partial charge on any atom is -0.490 e. The van der Waals surface area contributed by atoms with E-state index in [2.05, 4.69) is 20.2 Å². The van der Waals surface area contributed by atoms with Gasteiger partial charge in [-0.2, -0.15) is 0 Å². The summed E-state index contributed by atoms with van der Waals surface area (Å²) in [6.07, 6.45) is 5.99. The van der Waals surface area contributed by atoms with Gasteiger partial charge < -0.3 is 20.1 Å². The van der Waals surface area contributed by atoms with Crippen LogP contribution in [0.3, 0.4) is 0 Å². The molecular formula is C14H24N4O2. The second kappa shape index (κ2) is 7.28. The molecule has 1 fully saturated rings. The fourth-order valence-electron chi connectivity index (χ4n) is 2.70. The molecule has 1 aromatic rings. The number of nitrogens with one attached hydrogen (secondary N) is 1. The van der Waals surface area contributed by atoms with E-state index in [4.69, 9.17) is 4.74 Å². The third-order valence-electron chi connectivity index (χ3n) is 3.69. The number of anilines is 2. The highest BCUT2D eigenvalue weighted by Crippen LogP contribution is 2.34. The molecule has 2 heterocycles. The quantitative estimate of drug-likeness (QED) is 0.855. The van der Waals surface area contributed by atoms with Gasteiger partial charge in [0.2, 0.25) is 5.75 Å². The first-order valence-electron chi connectivity index (χ1n) is 7.32. The van der Waals surface area contributed by atoms with E-state index in [1.54, 1.807) is 13.4 Å². The van der Waals surface area contributed by atoms with Gasteiger partial charge in [-0.05, 0) is 19.8 Å². The van der Waals surface area contributed by atoms with Crippen molar-refractivity contribution < 1.29 is 9.84 Å². The van der Waals surface area contributed by atoms with Gasteiger partial charge in [0.05, 0.1) is 19.8 Å². The van der Waals surface area contributed by atoms with Gasteiger partial charge in [-0.3, -0.25) is 0 Å². The number of rotatable bonds is 5. The molecule has 1 unspecified atom stereocenters. The van der Waals surface area contributed by atoms with Crippen molar-refractivity contribution in [1.29, 1.82) is 0 Å². The molecule has 0 saturated carbocycles. The third kappa shape index (κ3) is 3.12. The van der Waals surface area contributed by atoms with Crippen LogP contribution in [0.4, 0.5) is 11.6 Å².